The fourth-order valence-electron chi connectivity index (χ4n) is 2.54. The molecular weight excluding hydrogens is 332 g/mol. The summed E-state index contributed by atoms with van der Waals surface area (Å²) in [6, 6.07) is 14.4. The van der Waals surface area contributed by atoms with Crippen molar-refractivity contribution in [2.24, 2.45) is 0 Å². The van der Waals surface area contributed by atoms with Gasteiger partial charge in [-0.3, -0.25) is 20.4 Å². The van der Waals surface area contributed by atoms with E-state index >= 15 is 0 Å². The van der Waals surface area contributed by atoms with Crippen LogP contribution in [0.15, 0.2) is 54.9 Å². The van der Waals surface area contributed by atoms with Crippen LogP contribution in [0.2, 0.25) is 0 Å². The first-order chi connectivity index (χ1) is 12.7. The number of imidazole rings is 1. The minimum absolute atomic E-state index is 0.226. The number of rotatable bonds is 6. The molecule has 3 aromatic rings. The predicted molar refractivity (Wildman–Crippen MR) is 97.6 cm³/mol. The lowest BCUT2D eigenvalue weighted by Gasteiger charge is -2.09. The maximum Gasteiger partial charge on any atom is 0.269 e. The number of fused-ring (bicyclic) bond motifs is 1. The monoisotopic (exact) mass is 352 g/mol. The molecule has 0 aliphatic rings. The van der Waals surface area contributed by atoms with Crippen LogP contribution in [0.25, 0.3) is 11.0 Å². The topological polar surface area (TPSA) is 85.3 Å². The van der Waals surface area contributed by atoms with Gasteiger partial charge < -0.3 is 9.30 Å². The number of hydrogen-bond acceptors (Lipinski definition) is 4. The number of para-hydroxylation sites is 2. The first kappa shape index (κ1) is 17.5. The molecule has 0 spiro atoms. The molecule has 26 heavy (non-hydrogen) atoms. The molecular formula is C19H20N4O3. The molecule has 1 aromatic heterocycles. The van der Waals surface area contributed by atoms with E-state index in [2.05, 4.69) is 15.8 Å². The lowest BCUT2D eigenvalue weighted by molar-refractivity contribution is -0.122. The van der Waals surface area contributed by atoms with Crippen molar-refractivity contribution in [1.29, 1.82) is 0 Å². The quantitative estimate of drug-likeness (QED) is 0.667. The van der Waals surface area contributed by atoms with E-state index < -0.39 is 0 Å². The average Bonchev–Trinajstić information content (AvgIpc) is 3.08. The highest BCUT2D eigenvalue weighted by molar-refractivity contribution is 5.95. The van der Waals surface area contributed by atoms with Gasteiger partial charge in [0.25, 0.3) is 5.91 Å². The third-order valence-corrected chi connectivity index (χ3v) is 3.85. The molecule has 2 amide bonds. The number of aromatic nitrogens is 2. The van der Waals surface area contributed by atoms with E-state index in [0.717, 1.165) is 11.0 Å². The smallest absolute Gasteiger partial charge is 0.269 e. The number of amides is 2. The van der Waals surface area contributed by atoms with Crippen molar-refractivity contribution in [1.82, 2.24) is 20.4 Å². The van der Waals surface area contributed by atoms with Crippen molar-refractivity contribution in [3.05, 3.63) is 60.4 Å². The van der Waals surface area contributed by atoms with Gasteiger partial charge >= 0.3 is 0 Å². The molecule has 0 bridgehead atoms. The summed E-state index contributed by atoms with van der Waals surface area (Å²) in [7, 11) is 0. The van der Waals surface area contributed by atoms with Gasteiger partial charge in [-0.2, -0.15) is 0 Å². The van der Waals surface area contributed by atoms with Crippen LogP contribution < -0.4 is 15.6 Å². The first-order valence-corrected chi connectivity index (χ1v) is 8.39. The summed E-state index contributed by atoms with van der Waals surface area (Å²) < 4.78 is 7.23. The molecule has 0 saturated carbocycles. The van der Waals surface area contributed by atoms with Crippen LogP contribution >= 0.6 is 0 Å². The van der Waals surface area contributed by atoms with Crippen LogP contribution in [-0.4, -0.2) is 28.0 Å². The van der Waals surface area contributed by atoms with E-state index in [4.69, 9.17) is 4.74 Å². The Balaban J connectivity index is 1.48. The van der Waals surface area contributed by atoms with Crippen LogP contribution in [0.4, 0.5) is 0 Å². The Morgan fingerprint density at radius 1 is 1.08 bits per heavy atom. The van der Waals surface area contributed by atoms with E-state index in [1.165, 1.54) is 0 Å². The Morgan fingerprint density at radius 3 is 2.62 bits per heavy atom. The zero-order valence-electron chi connectivity index (χ0n) is 14.4. The van der Waals surface area contributed by atoms with Crippen molar-refractivity contribution < 1.29 is 14.3 Å². The first-order valence-electron chi connectivity index (χ1n) is 8.39. The SMILES string of the molecule is CCOc1ccc(C(=O)NNC(=O)CCn2cnc3ccccc32)cc1. The maximum atomic E-state index is 12.0. The summed E-state index contributed by atoms with van der Waals surface area (Å²) in [6.07, 6.45) is 1.93. The number of ether oxygens (including phenoxy) is 1. The zero-order valence-corrected chi connectivity index (χ0v) is 14.4. The van der Waals surface area contributed by atoms with Gasteiger partial charge in [0, 0.05) is 18.5 Å². The highest BCUT2D eigenvalue weighted by Crippen LogP contribution is 2.13. The molecule has 2 N–H and O–H groups in total. The number of aryl methyl sites for hydroxylation is 1. The third-order valence-electron chi connectivity index (χ3n) is 3.85. The molecule has 0 fully saturated rings. The van der Waals surface area contributed by atoms with Gasteiger partial charge in [-0.25, -0.2) is 4.98 Å². The highest BCUT2D eigenvalue weighted by atomic mass is 16.5. The molecule has 7 heteroatoms. The number of nitrogens with zero attached hydrogens (tertiary/aromatic N) is 2. The number of carbonyl (C=O) groups excluding carboxylic acids is 2. The molecule has 0 aliphatic heterocycles. The number of nitrogens with one attached hydrogen (secondary N) is 2. The average molecular weight is 352 g/mol. The normalized spacial score (nSPS) is 10.5. The van der Waals surface area contributed by atoms with E-state index in [-0.39, 0.29) is 18.2 Å². The van der Waals surface area contributed by atoms with Gasteiger partial charge in [0.1, 0.15) is 5.75 Å². The second-order valence-electron chi connectivity index (χ2n) is 5.64. The minimum Gasteiger partial charge on any atom is -0.494 e. The van der Waals surface area contributed by atoms with E-state index in [1.54, 1.807) is 30.6 Å². The van der Waals surface area contributed by atoms with Gasteiger partial charge in [-0.1, -0.05) is 12.1 Å². The fourth-order valence-corrected chi connectivity index (χ4v) is 2.54. The molecule has 2 aromatic carbocycles. The van der Waals surface area contributed by atoms with Gasteiger partial charge in [-0.15, -0.1) is 0 Å². The summed E-state index contributed by atoms with van der Waals surface area (Å²) in [6.45, 7) is 2.93. The molecule has 0 atom stereocenters. The molecule has 1 heterocycles. The van der Waals surface area contributed by atoms with Gasteiger partial charge in [-0.05, 0) is 43.3 Å². The van der Waals surface area contributed by atoms with Crippen molar-refractivity contribution in [3.8, 4) is 5.75 Å². The van der Waals surface area contributed by atoms with Crippen LogP contribution in [0.1, 0.15) is 23.7 Å². The number of hydrogen-bond donors (Lipinski definition) is 2. The van der Waals surface area contributed by atoms with Crippen molar-refractivity contribution in [3.63, 3.8) is 0 Å². The summed E-state index contributed by atoms with van der Waals surface area (Å²) in [5.41, 5.74) is 7.14. The van der Waals surface area contributed by atoms with Crippen LogP contribution in [0.5, 0.6) is 5.75 Å². The molecule has 0 saturated heterocycles. The molecule has 3 rings (SSSR count). The number of benzene rings is 2. The number of hydrazine groups is 1. The molecule has 7 nitrogen and oxygen atoms in total. The maximum absolute atomic E-state index is 12.0. The minimum atomic E-state index is -0.380. The fraction of sp³-hybridized carbons (Fsp3) is 0.211. The zero-order chi connectivity index (χ0) is 18.4. The van der Waals surface area contributed by atoms with E-state index in [9.17, 15) is 9.59 Å². The second kappa shape index (κ2) is 8.15. The largest absolute Gasteiger partial charge is 0.494 e. The molecule has 0 radical (unpaired) electrons. The lowest BCUT2D eigenvalue weighted by Crippen LogP contribution is -2.41. The standard InChI is InChI=1S/C19H20N4O3/c1-2-26-15-9-7-14(8-10-15)19(25)22-21-18(24)11-12-23-13-20-16-5-3-4-6-17(16)23/h3-10,13H,2,11-12H2,1H3,(H,21,24)(H,22,25). The highest BCUT2D eigenvalue weighted by Gasteiger charge is 2.09. The van der Waals surface area contributed by atoms with Gasteiger partial charge in [0.15, 0.2) is 0 Å². The summed E-state index contributed by atoms with van der Waals surface area (Å²) in [5, 5.41) is 0. The van der Waals surface area contributed by atoms with Crippen LogP contribution in [0.3, 0.4) is 0 Å². The molecule has 134 valence electrons. The van der Waals surface area contributed by atoms with Crippen molar-refractivity contribution in [2.75, 3.05) is 6.61 Å². The van der Waals surface area contributed by atoms with Crippen LogP contribution in [-0.2, 0) is 11.3 Å². The number of carbonyl (C=O) groups is 2. The van der Waals surface area contributed by atoms with Crippen molar-refractivity contribution in [2.45, 2.75) is 19.9 Å². The van der Waals surface area contributed by atoms with E-state index in [0.29, 0.717) is 24.5 Å². The Hall–Kier alpha value is -3.35. The van der Waals surface area contributed by atoms with Gasteiger partial charge in [0.05, 0.1) is 24.0 Å². The molecule has 0 unspecified atom stereocenters. The van der Waals surface area contributed by atoms with Crippen molar-refractivity contribution >= 4 is 22.8 Å². The van der Waals surface area contributed by atoms with Gasteiger partial charge in [0.2, 0.25) is 5.91 Å². The predicted octanol–water partition coefficient (Wildman–Crippen LogP) is 2.29. The Bertz CT molecular complexity index is 903. The second-order valence-corrected chi connectivity index (χ2v) is 5.64. The Morgan fingerprint density at radius 2 is 1.85 bits per heavy atom. The Kier molecular flexibility index (Phi) is 5.48. The summed E-state index contributed by atoms with van der Waals surface area (Å²) in [4.78, 5) is 28.3. The third kappa shape index (κ3) is 4.18. The van der Waals surface area contributed by atoms with E-state index in [1.807, 2.05) is 35.8 Å². The molecule has 0 aliphatic carbocycles. The summed E-state index contributed by atoms with van der Waals surface area (Å²) in [5.74, 6) is 0.0391. The lowest BCUT2D eigenvalue weighted by atomic mass is 10.2. The summed E-state index contributed by atoms with van der Waals surface area (Å²) >= 11 is 0. The Labute approximate surface area is 151 Å². The van der Waals surface area contributed by atoms with Crippen LogP contribution in [0, 0.1) is 0 Å².